The van der Waals surface area contributed by atoms with Crippen molar-refractivity contribution < 1.29 is 4.79 Å². The minimum absolute atomic E-state index is 0.0731. The molecule has 1 aromatic carbocycles. The Hall–Kier alpha value is -1.15. The van der Waals surface area contributed by atoms with Crippen molar-refractivity contribution in [2.24, 2.45) is 5.92 Å². The van der Waals surface area contributed by atoms with Gasteiger partial charge in [-0.15, -0.1) is 0 Å². The molecule has 2 rings (SSSR count). The fourth-order valence-electron chi connectivity index (χ4n) is 2.88. The Morgan fingerprint density at radius 1 is 1.33 bits per heavy atom. The predicted octanol–water partition coefficient (Wildman–Crippen LogP) is 3.38. The summed E-state index contributed by atoms with van der Waals surface area (Å²) in [6, 6.07) is 9.78. The van der Waals surface area contributed by atoms with Crippen LogP contribution in [-0.4, -0.2) is 29.8 Å². The smallest absolute Gasteiger partial charge is 0.179 e. The van der Waals surface area contributed by atoms with Crippen LogP contribution in [0.15, 0.2) is 30.3 Å². The lowest BCUT2D eigenvalue weighted by Gasteiger charge is -2.25. The lowest BCUT2D eigenvalue weighted by atomic mass is 10.0. The maximum atomic E-state index is 12.5. The molecule has 0 amide bonds. The zero-order chi connectivity index (χ0) is 13.0. The predicted molar refractivity (Wildman–Crippen MR) is 74.8 cm³/mol. The number of ketones is 1. The number of carbonyl (C=O) groups excluding carboxylic acids is 1. The van der Waals surface area contributed by atoms with Crippen molar-refractivity contribution in [1.82, 2.24) is 4.90 Å². The van der Waals surface area contributed by atoms with Crippen LogP contribution in [0.1, 0.15) is 43.5 Å². The highest BCUT2D eigenvalue weighted by molar-refractivity contribution is 6.00. The number of rotatable bonds is 5. The van der Waals surface area contributed by atoms with Crippen LogP contribution in [0.3, 0.4) is 0 Å². The van der Waals surface area contributed by atoms with Crippen molar-refractivity contribution in [3.8, 4) is 0 Å². The largest absolute Gasteiger partial charge is 0.293 e. The van der Waals surface area contributed by atoms with Crippen molar-refractivity contribution in [1.29, 1.82) is 0 Å². The molecule has 2 heteroatoms. The van der Waals surface area contributed by atoms with Crippen LogP contribution in [0.25, 0.3) is 0 Å². The summed E-state index contributed by atoms with van der Waals surface area (Å²) < 4.78 is 0. The van der Waals surface area contributed by atoms with Gasteiger partial charge in [0.1, 0.15) is 0 Å². The lowest BCUT2D eigenvalue weighted by Crippen LogP contribution is -2.39. The van der Waals surface area contributed by atoms with E-state index in [-0.39, 0.29) is 11.8 Å². The van der Waals surface area contributed by atoms with Gasteiger partial charge in [0.15, 0.2) is 5.78 Å². The molecule has 1 saturated heterocycles. The van der Waals surface area contributed by atoms with Gasteiger partial charge in [-0.1, -0.05) is 50.6 Å². The maximum absolute atomic E-state index is 12.5. The van der Waals surface area contributed by atoms with Crippen molar-refractivity contribution in [2.45, 2.75) is 39.2 Å². The fourth-order valence-corrected chi connectivity index (χ4v) is 2.88. The Morgan fingerprint density at radius 3 is 2.61 bits per heavy atom. The summed E-state index contributed by atoms with van der Waals surface area (Å²) >= 11 is 0. The Kier molecular flexibility index (Phi) is 4.54. The van der Waals surface area contributed by atoms with Crippen LogP contribution in [0.2, 0.25) is 0 Å². The van der Waals surface area contributed by atoms with E-state index < -0.39 is 0 Å². The third kappa shape index (κ3) is 2.81. The first kappa shape index (κ1) is 13.3. The minimum atomic E-state index is 0.0731. The van der Waals surface area contributed by atoms with Gasteiger partial charge < -0.3 is 0 Å². The van der Waals surface area contributed by atoms with E-state index in [9.17, 15) is 4.79 Å². The summed E-state index contributed by atoms with van der Waals surface area (Å²) in [6.07, 6.45) is 3.38. The standard InChI is InChI=1S/C16H23NO/c1-3-13-10-11-17(12-13)15(4-2)16(18)14-8-6-5-7-9-14/h5-9,13,15H,3-4,10-12H2,1-2H3. The van der Waals surface area contributed by atoms with Crippen LogP contribution in [0.5, 0.6) is 0 Å². The van der Waals surface area contributed by atoms with E-state index in [1.54, 1.807) is 0 Å². The van der Waals surface area contributed by atoms with Gasteiger partial charge in [-0.05, 0) is 25.3 Å². The van der Waals surface area contributed by atoms with Crippen LogP contribution >= 0.6 is 0 Å². The molecule has 18 heavy (non-hydrogen) atoms. The van der Waals surface area contributed by atoms with Crippen LogP contribution < -0.4 is 0 Å². The average molecular weight is 245 g/mol. The van der Waals surface area contributed by atoms with E-state index in [0.717, 1.165) is 31.0 Å². The lowest BCUT2D eigenvalue weighted by molar-refractivity contribution is 0.0839. The van der Waals surface area contributed by atoms with Crippen LogP contribution in [0.4, 0.5) is 0 Å². The molecule has 98 valence electrons. The number of hydrogen-bond acceptors (Lipinski definition) is 2. The van der Waals surface area contributed by atoms with E-state index in [4.69, 9.17) is 0 Å². The molecule has 0 saturated carbocycles. The van der Waals surface area contributed by atoms with E-state index in [1.807, 2.05) is 30.3 Å². The van der Waals surface area contributed by atoms with E-state index in [0.29, 0.717) is 0 Å². The molecular formula is C16H23NO. The molecule has 2 unspecified atom stereocenters. The van der Waals surface area contributed by atoms with Crippen molar-refractivity contribution >= 4 is 5.78 Å². The van der Waals surface area contributed by atoms with Crippen molar-refractivity contribution in [3.63, 3.8) is 0 Å². The first-order chi connectivity index (χ1) is 8.76. The topological polar surface area (TPSA) is 20.3 Å². The highest BCUT2D eigenvalue weighted by Crippen LogP contribution is 2.24. The van der Waals surface area contributed by atoms with Crippen molar-refractivity contribution in [2.75, 3.05) is 13.1 Å². The van der Waals surface area contributed by atoms with Gasteiger partial charge in [0, 0.05) is 12.1 Å². The molecule has 2 atom stereocenters. The second kappa shape index (κ2) is 6.14. The zero-order valence-electron chi connectivity index (χ0n) is 11.4. The number of benzene rings is 1. The first-order valence-electron chi connectivity index (χ1n) is 7.09. The summed E-state index contributed by atoms with van der Waals surface area (Å²) in [7, 11) is 0. The summed E-state index contributed by atoms with van der Waals surface area (Å²) in [5.74, 6) is 1.07. The second-order valence-electron chi connectivity index (χ2n) is 5.21. The molecule has 1 aliphatic heterocycles. The summed E-state index contributed by atoms with van der Waals surface area (Å²) in [6.45, 7) is 6.53. The molecule has 1 aliphatic rings. The zero-order valence-corrected chi connectivity index (χ0v) is 11.4. The average Bonchev–Trinajstić information content (AvgIpc) is 2.89. The van der Waals surface area contributed by atoms with E-state index in [1.165, 1.54) is 12.8 Å². The molecule has 0 aliphatic carbocycles. The van der Waals surface area contributed by atoms with Crippen molar-refractivity contribution in [3.05, 3.63) is 35.9 Å². The normalized spacial score (nSPS) is 22.0. The number of carbonyl (C=O) groups is 1. The maximum Gasteiger partial charge on any atom is 0.179 e. The summed E-state index contributed by atoms with van der Waals surface area (Å²) in [5.41, 5.74) is 0.851. The monoisotopic (exact) mass is 245 g/mol. The van der Waals surface area contributed by atoms with Gasteiger partial charge in [0.2, 0.25) is 0 Å². The Bertz CT molecular complexity index is 387. The molecule has 0 bridgehead atoms. The van der Waals surface area contributed by atoms with Gasteiger partial charge >= 0.3 is 0 Å². The third-order valence-corrected chi connectivity index (χ3v) is 4.08. The molecular weight excluding hydrogens is 222 g/mol. The SMILES string of the molecule is CCC1CCN(C(CC)C(=O)c2ccccc2)C1. The van der Waals surface area contributed by atoms with Crippen LogP contribution in [0, 0.1) is 5.92 Å². The number of Topliss-reactive ketones (excluding diaryl/α,β-unsaturated/α-hetero) is 1. The molecule has 1 aromatic rings. The second-order valence-corrected chi connectivity index (χ2v) is 5.21. The Morgan fingerprint density at radius 2 is 2.06 bits per heavy atom. The molecule has 2 nitrogen and oxygen atoms in total. The summed E-state index contributed by atoms with van der Waals surface area (Å²) in [5, 5.41) is 0. The Balaban J connectivity index is 2.07. The van der Waals surface area contributed by atoms with Gasteiger partial charge in [-0.2, -0.15) is 0 Å². The number of hydrogen-bond donors (Lipinski definition) is 0. The molecule has 0 spiro atoms. The highest BCUT2D eigenvalue weighted by atomic mass is 16.1. The quantitative estimate of drug-likeness (QED) is 0.741. The van der Waals surface area contributed by atoms with Gasteiger partial charge in [-0.3, -0.25) is 9.69 Å². The van der Waals surface area contributed by atoms with E-state index in [2.05, 4.69) is 18.7 Å². The molecule has 0 aromatic heterocycles. The number of likely N-dealkylation sites (tertiary alicyclic amines) is 1. The highest BCUT2D eigenvalue weighted by Gasteiger charge is 2.30. The minimum Gasteiger partial charge on any atom is -0.293 e. The molecule has 0 radical (unpaired) electrons. The van der Waals surface area contributed by atoms with Gasteiger partial charge in [0.05, 0.1) is 6.04 Å². The summed E-state index contributed by atoms with van der Waals surface area (Å²) in [4.78, 5) is 14.9. The molecule has 0 N–H and O–H groups in total. The fraction of sp³-hybridized carbons (Fsp3) is 0.562. The third-order valence-electron chi connectivity index (χ3n) is 4.08. The van der Waals surface area contributed by atoms with Gasteiger partial charge in [0.25, 0.3) is 0 Å². The van der Waals surface area contributed by atoms with Crippen LogP contribution in [-0.2, 0) is 0 Å². The molecule has 1 fully saturated rings. The number of nitrogens with zero attached hydrogens (tertiary/aromatic N) is 1. The Labute approximate surface area is 110 Å². The molecule has 1 heterocycles. The van der Waals surface area contributed by atoms with Gasteiger partial charge in [-0.25, -0.2) is 0 Å². The van der Waals surface area contributed by atoms with E-state index >= 15 is 0 Å². The first-order valence-corrected chi connectivity index (χ1v) is 7.09.